The summed E-state index contributed by atoms with van der Waals surface area (Å²) in [5, 5.41) is 12.0. The second-order valence-corrected chi connectivity index (χ2v) is 3.80. The standard InChI is InChI=1S/C13H13NO3/c1-9-5-11(8-17-9)13(16)14-7-10-3-2-4-12(15)6-10/h2-6,8,15H,7H2,1H3,(H,14,16). The zero-order valence-electron chi connectivity index (χ0n) is 9.43. The fourth-order valence-electron chi connectivity index (χ4n) is 1.51. The van der Waals surface area contributed by atoms with Gasteiger partial charge in [0, 0.05) is 6.54 Å². The maximum atomic E-state index is 11.7. The van der Waals surface area contributed by atoms with Crippen LogP contribution in [0, 0.1) is 6.92 Å². The Morgan fingerprint density at radius 3 is 2.88 bits per heavy atom. The van der Waals surface area contributed by atoms with Crippen LogP contribution in [0.25, 0.3) is 0 Å². The van der Waals surface area contributed by atoms with Crippen LogP contribution in [0.1, 0.15) is 21.7 Å². The molecule has 0 aliphatic carbocycles. The summed E-state index contributed by atoms with van der Waals surface area (Å²) in [6, 6.07) is 8.45. The summed E-state index contributed by atoms with van der Waals surface area (Å²) in [7, 11) is 0. The third kappa shape index (κ3) is 2.87. The SMILES string of the molecule is Cc1cc(C(=O)NCc2cccc(O)c2)co1. The fraction of sp³-hybridized carbons (Fsp3) is 0.154. The molecule has 0 spiro atoms. The van der Waals surface area contributed by atoms with Gasteiger partial charge < -0.3 is 14.8 Å². The Labute approximate surface area is 98.9 Å². The summed E-state index contributed by atoms with van der Waals surface area (Å²) >= 11 is 0. The van der Waals surface area contributed by atoms with E-state index >= 15 is 0 Å². The molecule has 88 valence electrons. The van der Waals surface area contributed by atoms with E-state index in [1.807, 2.05) is 6.07 Å². The van der Waals surface area contributed by atoms with Gasteiger partial charge in [0.2, 0.25) is 0 Å². The van der Waals surface area contributed by atoms with Crippen molar-refractivity contribution in [2.45, 2.75) is 13.5 Å². The lowest BCUT2D eigenvalue weighted by Gasteiger charge is -2.03. The molecule has 0 atom stereocenters. The Morgan fingerprint density at radius 2 is 2.24 bits per heavy atom. The molecule has 0 radical (unpaired) electrons. The van der Waals surface area contributed by atoms with Crippen molar-refractivity contribution >= 4 is 5.91 Å². The zero-order chi connectivity index (χ0) is 12.3. The maximum Gasteiger partial charge on any atom is 0.254 e. The monoisotopic (exact) mass is 231 g/mol. The lowest BCUT2D eigenvalue weighted by atomic mass is 10.2. The normalized spacial score (nSPS) is 10.2. The van der Waals surface area contributed by atoms with E-state index in [-0.39, 0.29) is 11.7 Å². The minimum atomic E-state index is -0.190. The fourth-order valence-corrected chi connectivity index (χ4v) is 1.51. The molecular weight excluding hydrogens is 218 g/mol. The van der Waals surface area contributed by atoms with Crippen LogP contribution >= 0.6 is 0 Å². The summed E-state index contributed by atoms with van der Waals surface area (Å²) in [6.45, 7) is 2.16. The molecule has 2 aromatic rings. The lowest BCUT2D eigenvalue weighted by molar-refractivity contribution is 0.0950. The molecule has 1 amide bonds. The molecule has 1 heterocycles. The number of hydrogen-bond acceptors (Lipinski definition) is 3. The average molecular weight is 231 g/mol. The molecular formula is C13H13NO3. The summed E-state index contributed by atoms with van der Waals surface area (Å²) in [6.07, 6.45) is 1.42. The molecule has 0 fully saturated rings. The molecule has 2 N–H and O–H groups in total. The average Bonchev–Trinajstić information content (AvgIpc) is 2.73. The summed E-state index contributed by atoms with van der Waals surface area (Å²) in [4.78, 5) is 11.7. The van der Waals surface area contributed by atoms with E-state index in [2.05, 4.69) is 5.32 Å². The van der Waals surface area contributed by atoms with Gasteiger partial charge in [0.1, 0.15) is 17.8 Å². The maximum absolute atomic E-state index is 11.7. The van der Waals surface area contributed by atoms with Crippen molar-refractivity contribution in [3.8, 4) is 5.75 Å². The van der Waals surface area contributed by atoms with Gasteiger partial charge in [-0.25, -0.2) is 0 Å². The van der Waals surface area contributed by atoms with Crippen molar-refractivity contribution in [1.82, 2.24) is 5.32 Å². The number of benzene rings is 1. The molecule has 0 aliphatic rings. The van der Waals surface area contributed by atoms with E-state index in [0.717, 1.165) is 5.56 Å². The summed E-state index contributed by atoms with van der Waals surface area (Å²) < 4.78 is 5.06. The molecule has 17 heavy (non-hydrogen) atoms. The van der Waals surface area contributed by atoms with Gasteiger partial charge in [-0.2, -0.15) is 0 Å². The first-order chi connectivity index (χ1) is 8.15. The second kappa shape index (κ2) is 4.74. The number of phenolic OH excluding ortho intramolecular Hbond substituents is 1. The minimum Gasteiger partial charge on any atom is -0.508 e. The lowest BCUT2D eigenvalue weighted by Crippen LogP contribution is -2.22. The summed E-state index contributed by atoms with van der Waals surface area (Å²) in [5.41, 5.74) is 1.35. The van der Waals surface area contributed by atoms with Gasteiger partial charge in [-0.3, -0.25) is 4.79 Å². The van der Waals surface area contributed by atoms with Crippen LogP contribution < -0.4 is 5.32 Å². The molecule has 0 unspecified atom stereocenters. The predicted molar refractivity (Wildman–Crippen MR) is 62.7 cm³/mol. The highest BCUT2D eigenvalue weighted by molar-refractivity contribution is 5.93. The molecule has 0 bridgehead atoms. The van der Waals surface area contributed by atoms with Crippen LogP contribution in [0.15, 0.2) is 41.0 Å². The van der Waals surface area contributed by atoms with Crippen LogP contribution in [-0.4, -0.2) is 11.0 Å². The molecule has 1 aromatic carbocycles. The highest BCUT2D eigenvalue weighted by Gasteiger charge is 2.07. The van der Waals surface area contributed by atoms with Crippen molar-refractivity contribution in [1.29, 1.82) is 0 Å². The van der Waals surface area contributed by atoms with Crippen LogP contribution in [0.4, 0.5) is 0 Å². The number of hydrogen-bond donors (Lipinski definition) is 2. The van der Waals surface area contributed by atoms with Gasteiger partial charge >= 0.3 is 0 Å². The number of aromatic hydroxyl groups is 1. The number of nitrogens with one attached hydrogen (secondary N) is 1. The molecule has 0 saturated heterocycles. The van der Waals surface area contributed by atoms with Crippen molar-refractivity contribution < 1.29 is 14.3 Å². The van der Waals surface area contributed by atoms with Crippen LogP contribution in [0.3, 0.4) is 0 Å². The van der Waals surface area contributed by atoms with E-state index in [9.17, 15) is 9.90 Å². The molecule has 4 nitrogen and oxygen atoms in total. The zero-order valence-corrected chi connectivity index (χ0v) is 9.43. The first-order valence-electron chi connectivity index (χ1n) is 5.26. The third-order valence-electron chi connectivity index (χ3n) is 2.36. The third-order valence-corrected chi connectivity index (χ3v) is 2.36. The van der Waals surface area contributed by atoms with Crippen molar-refractivity contribution in [2.24, 2.45) is 0 Å². The van der Waals surface area contributed by atoms with E-state index < -0.39 is 0 Å². The number of aryl methyl sites for hydroxylation is 1. The van der Waals surface area contributed by atoms with Crippen LogP contribution in [-0.2, 0) is 6.54 Å². The Morgan fingerprint density at radius 1 is 1.41 bits per heavy atom. The number of amides is 1. The van der Waals surface area contributed by atoms with Gasteiger partial charge in [-0.1, -0.05) is 12.1 Å². The van der Waals surface area contributed by atoms with Gasteiger partial charge in [0.05, 0.1) is 5.56 Å². The number of carbonyl (C=O) groups is 1. The predicted octanol–water partition coefficient (Wildman–Crippen LogP) is 2.22. The summed E-state index contributed by atoms with van der Waals surface area (Å²) in [5.74, 6) is 0.702. The largest absolute Gasteiger partial charge is 0.508 e. The minimum absolute atomic E-state index is 0.190. The van der Waals surface area contributed by atoms with E-state index in [1.165, 1.54) is 6.26 Å². The molecule has 0 saturated carbocycles. The number of furan rings is 1. The quantitative estimate of drug-likeness (QED) is 0.851. The van der Waals surface area contributed by atoms with E-state index in [4.69, 9.17) is 4.42 Å². The Hall–Kier alpha value is -2.23. The first-order valence-corrected chi connectivity index (χ1v) is 5.26. The molecule has 1 aromatic heterocycles. The highest BCUT2D eigenvalue weighted by Crippen LogP contribution is 2.11. The van der Waals surface area contributed by atoms with Crippen molar-refractivity contribution in [2.75, 3.05) is 0 Å². The highest BCUT2D eigenvalue weighted by atomic mass is 16.3. The van der Waals surface area contributed by atoms with Crippen molar-refractivity contribution in [3.05, 3.63) is 53.5 Å². The number of rotatable bonds is 3. The van der Waals surface area contributed by atoms with Crippen molar-refractivity contribution in [3.63, 3.8) is 0 Å². The van der Waals surface area contributed by atoms with Gasteiger partial charge in [0.15, 0.2) is 0 Å². The van der Waals surface area contributed by atoms with Crippen LogP contribution in [0.2, 0.25) is 0 Å². The topological polar surface area (TPSA) is 62.5 Å². The van der Waals surface area contributed by atoms with Gasteiger partial charge in [-0.15, -0.1) is 0 Å². The molecule has 2 rings (SSSR count). The first kappa shape index (κ1) is 11.3. The Balaban J connectivity index is 1.97. The van der Waals surface area contributed by atoms with Gasteiger partial charge in [0.25, 0.3) is 5.91 Å². The van der Waals surface area contributed by atoms with E-state index in [0.29, 0.717) is 17.9 Å². The van der Waals surface area contributed by atoms with Gasteiger partial charge in [-0.05, 0) is 30.7 Å². The molecule has 4 heteroatoms. The second-order valence-electron chi connectivity index (χ2n) is 3.80. The Kier molecular flexibility index (Phi) is 3.14. The number of carbonyl (C=O) groups excluding carboxylic acids is 1. The molecule has 0 aliphatic heterocycles. The Bertz CT molecular complexity index is 531. The van der Waals surface area contributed by atoms with E-state index in [1.54, 1.807) is 31.2 Å². The number of phenols is 1. The van der Waals surface area contributed by atoms with Crippen LogP contribution in [0.5, 0.6) is 5.75 Å². The smallest absolute Gasteiger partial charge is 0.254 e.